The molecule has 1 aromatic carbocycles. The number of benzene rings is 1. The van der Waals surface area contributed by atoms with E-state index in [-0.39, 0.29) is 65.5 Å². The predicted octanol–water partition coefficient (Wildman–Crippen LogP) is 2.84. The van der Waals surface area contributed by atoms with Gasteiger partial charge < -0.3 is 41.2 Å². The van der Waals surface area contributed by atoms with Crippen molar-refractivity contribution in [3.05, 3.63) is 30.3 Å². The maximum atomic E-state index is 13.9. The lowest BCUT2D eigenvalue weighted by molar-refractivity contribution is -0.199. The summed E-state index contributed by atoms with van der Waals surface area (Å²) in [5, 5.41) is 6.14. The van der Waals surface area contributed by atoms with Crippen LogP contribution >= 0.6 is 0 Å². The zero-order valence-electron chi connectivity index (χ0n) is 30.2. The summed E-state index contributed by atoms with van der Waals surface area (Å²) in [5.41, 5.74) is 12.0. The van der Waals surface area contributed by atoms with E-state index in [0.29, 0.717) is 57.2 Å². The van der Waals surface area contributed by atoms with E-state index in [1.165, 1.54) is 0 Å². The third-order valence-corrected chi connectivity index (χ3v) is 11.5. The fourth-order valence-electron chi connectivity index (χ4n) is 8.55. The first-order valence-electron chi connectivity index (χ1n) is 18.3. The molecular formula is C36H58BN7O5. The van der Waals surface area contributed by atoms with Crippen LogP contribution in [0.4, 0.5) is 5.69 Å². The number of carbonyl (C=O) groups excluding carboxylic acids is 3. The Morgan fingerprint density at radius 2 is 1.71 bits per heavy atom. The van der Waals surface area contributed by atoms with Crippen molar-refractivity contribution in [2.75, 3.05) is 37.6 Å². The van der Waals surface area contributed by atoms with Crippen molar-refractivity contribution in [2.45, 2.75) is 110 Å². The van der Waals surface area contributed by atoms with Gasteiger partial charge in [-0.15, -0.1) is 0 Å². The van der Waals surface area contributed by atoms with Crippen molar-refractivity contribution in [1.82, 2.24) is 15.5 Å². The molecule has 0 unspecified atom stereocenters. The number of nitrogens with one attached hydrogen (secondary N) is 2. The first-order valence-corrected chi connectivity index (χ1v) is 18.3. The van der Waals surface area contributed by atoms with Gasteiger partial charge in [0.05, 0.1) is 17.6 Å². The summed E-state index contributed by atoms with van der Waals surface area (Å²) in [5.74, 6) is 0.443. The molecule has 6 atom stereocenters. The molecule has 5 fully saturated rings. The lowest BCUT2D eigenvalue weighted by Gasteiger charge is -2.64. The van der Waals surface area contributed by atoms with Gasteiger partial charge in [-0.3, -0.25) is 19.4 Å². The van der Waals surface area contributed by atoms with Gasteiger partial charge in [0.25, 0.3) is 0 Å². The second-order valence-electron chi connectivity index (χ2n) is 15.7. The fraction of sp³-hybridized carbons (Fsp3) is 0.722. The lowest BCUT2D eigenvalue weighted by atomic mass is 9.43. The molecule has 3 saturated carbocycles. The molecule has 13 heteroatoms. The molecule has 6 rings (SSSR count). The zero-order valence-corrected chi connectivity index (χ0v) is 30.2. The number of rotatable bonds is 15. The van der Waals surface area contributed by atoms with E-state index in [1.54, 1.807) is 0 Å². The van der Waals surface area contributed by atoms with E-state index in [9.17, 15) is 14.4 Å². The van der Waals surface area contributed by atoms with Gasteiger partial charge in [-0.25, -0.2) is 0 Å². The number of hydrogen-bond donors (Lipinski definition) is 4. The number of amides is 3. The molecule has 0 spiro atoms. The van der Waals surface area contributed by atoms with Crippen LogP contribution in [-0.2, 0) is 23.7 Å². The van der Waals surface area contributed by atoms with Crippen LogP contribution in [-0.4, -0.2) is 92.1 Å². The summed E-state index contributed by atoms with van der Waals surface area (Å²) in [7, 11) is -0.560. The molecule has 1 aromatic rings. The Kier molecular flexibility index (Phi) is 11.8. The molecular weight excluding hydrogens is 621 g/mol. The number of nitrogens with zero attached hydrogens (tertiary/aromatic N) is 3. The average Bonchev–Trinajstić information content (AvgIpc) is 3.43. The highest BCUT2D eigenvalue weighted by atomic mass is 16.7. The summed E-state index contributed by atoms with van der Waals surface area (Å²) in [4.78, 5) is 48.2. The van der Waals surface area contributed by atoms with Crippen molar-refractivity contribution in [1.29, 1.82) is 0 Å². The third-order valence-electron chi connectivity index (χ3n) is 11.5. The van der Waals surface area contributed by atoms with Gasteiger partial charge in [0.2, 0.25) is 17.7 Å². The maximum Gasteiger partial charge on any atom is 0.481 e. The van der Waals surface area contributed by atoms with Crippen molar-refractivity contribution >= 4 is 36.5 Å². The zero-order chi connectivity index (χ0) is 35.3. The van der Waals surface area contributed by atoms with Crippen molar-refractivity contribution < 1.29 is 23.7 Å². The molecule has 2 aliphatic heterocycles. The molecule has 5 aliphatic rings. The Morgan fingerprint density at radius 1 is 1.00 bits per heavy atom. The van der Waals surface area contributed by atoms with Gasteiger partial charge in [-0.2, -0.15) is 0 Å². The number of para-hydroxylation sites is 1. The molecule has 6 N–H and O–H groups in total. The fourth-order valence-corrected chi connectivity index (χ4v) is 8.55. The lowest BCUT2D eigenvalue weighted by Crippen LogP contribution is -2.65. The van der Waals surface area contributed by atoms with E-state index in [1.807, 2.05) is 23.1 Å². The van der Waals surface area contributed by atoms with Crippen LogP contribution in [0.25, 0.3) is 0 Å². The first kappa shape index (κ1) is 37.0. The highest BCUT2D eigenvalue weighted by molar-refractivity contribution is 6.48. The monoisotopic (exact) mass is 679 g/mol. The third kappa shape index (κ3) is 8.71. The second kappa shape index (κ2) is 15.7. The van der Waals surface area contributed by atoms with Gasteiger partial charge >= 0.3 is 7.12 Å². The summed E-state index contributed by atoms with van der Waals surface area (Å²) in [6.45, 7) is 14.3. The molecule has 12 nitrogen and oxygen atoms in total. The number of piperazine rings is 1. The molecule has 2 heterocycles. The Balaban J connectivity index is 1.14. The van der Waals surface area contributed by atoms with Crippen molar-refractivity contribution in [2.24, 2.45) is 39.6 Å². The number of nitrogens with two attached hydrogens (primary N) is 2. The SMILES string of the molecule is CC(C)C[C@H](NC(=O)[C@H](CCCN=C(N)N)NC(=O)CCCC(=O)N1CCN(c2ccccc2)CC1)B1O[C@@H]2C[C@@H]3C[C@@H](C3(C)C)[C@]2(C)O1. The molecule has 3 aliphatic carbocycles. The van der Waals surface area contributed by atoms with Gasteiger partial charge in [0, 0.05) is 51.3 Å². The quantitative estimate of drug-likeness (QED) is 0.0952. The molecule has 0 radical (unpaired) electrons. The average molecular weight is 680 g/mol. The molecule has 2 saturated heterocycles. The van der Waals surface area contributed by atoms with E-state index in [4.69, 9.17) is 20.8 Å². The standard InChI is InChI=1S/C36H58BN7O5/c1-24(2)21-30(37-48-29-23-25-22-28(35(25,3)4)36(29,5)49-37)42-33(47)27(13-10-16-40-34(38)39)41-31(45)14-9-15-32(46)44-19-17-43(18-20-44)26-11-7-6-8-12-26/h6-8,11-12,24-25,27-30H,9-10,13-23H2,1-5H3,(H,41,45)(H,42,47)(H4,38,39,40)/t25-,27-,28-,29+,30-,36-/m0/s1. The topological polar surface area (TPSA) is 165 Å². The number of carbonyl (C=O) groups is 3. The Bertz CT molecular complexity index is 1330. The van der Waals surface area contributed by atoms with Gasteiger partial charge in [0.15, 0.2) is 5.96 Å². The van der Waals surface area contributed by atoms with E-state index in [2.05, 4.69) is 67.3 Å². The highest BCUT2D eigenvalue weighted by Gasteiger charge is 2.68. The van der Waals surface area contributed by atoms with E-state index < -0.39 is 13.2 Å². The number of guanidine groups is 1. The van der Waals surface area contributed by atoms with Crippen LogP contribution in [0.2, 0.25) is 0 Å². The molecule has 0 aromatic heterocycles. The summed E-state index contributed by atoms with van der Waals surface area (Å²) < 4.78 is 13.3. The Morgan fingerprint density at radius 3 is 2.37 bits per heavy atom. The number of hydrogen-bond acceptors (Lipinski definition) is 7. The molecule has 3 amide bonds. The van der Waals surface area contributed by atoms with Crippen LogP contribution in [0.1, 0.15) is 86.0 Å². The predicted molar refractivity (Wildman–Crippen MR) is 192 cm³/mol. The normalized spacial score (nSPS) is 26.7. The Labute approximate surface area is 292 Å². The van der Waals surface area contributed by atoms with Crippen LogP contribution in [0.3, 0.4) is 0 Å². The first-order chi connectivity index (χ1) is 23.3. The minimum absolute atomic E-state index is 0.00590. The minimum atomic E-state index is -0.788. The smallest absolute Gasteiger partial charge is 0.404 e. The molecule has 49 heavy (non-hydrogen) atoms. The van der Waals surface area contributed by atoms with Crippen LogP contribution < -0.4 is 27.0 Å². The van der Waals surface area contributed by atoms with E-state index >= 15 is 0 Å². The highest BCUT2D eigenvalue weighted by Crippen LogP contribution is 2.65. The van der Waals surface area contributed by atoms with Crippen LogP contribution in [0, 0.1) is 23.2 Å². The van der Waals surface area contributed by atoms with Crippen molar-refractivity contribution in [3.8, 4) is 0 Å². The largest absolute Gasteiger partial charge is 0.481 e. The molecule has 270 valence electrons. The minimum Gasteiger partial charge on any atom is -0.404 e. The van der Waals surface area contributed by atoms with Crippen LogP contribution in [0.5, 0.6) is 0 Å². The molecule has 2 bridgehead atoms. The maximum absolute atomic E-state index is 13.9. The van der Waals surface area contributed by atoms with E-state index in [0.717, 1.165) is 31.6 Å². The summed E-state index contributed by atoms with van der Waals surface area (Å²) in [6.07, 6.45) is 4.50. The summed E-state index contributed by atoms with van der Waals surface area (Å²) >= 11 is 0. The number of anilines is 1. The second-order valence-corrected chi connectivity index (χ2v) is 15.7. The van der Waals surface area contributed by atoms with Crippen molar-refractivity contribution in [3.63, 3.8) is 0 Å². The van der Waals surface area contributed by atoms with Gasteiger partial charge in [-0.1, -0.05) is 45.9 Å². The van der Waals surface area contributed by atoms with Gasteiger partial charge in [-0.05, 0) is 80.8 Å². The van der Waals surface area contributed by atoms with Crippen LogP contribution in [0.15, 0.2) is 35.3 Å². The Hall–Kier alpha value is -3.32. The summed E-state index contributed by atoms with van der Waals surface area (Å²) in [6, 6.07) is 9.42. The number of aliphatic imine (C=N–C) groups is 1. The van der Waals surface area contributed by atoms with Gasteiger partial charge in [0.1, 0.15) is 6.04 Å².